The van der Waals surface area contributed by atoms with Gasteiger partial charge in [0.15, 0.2) is 5.65 Å². The number of nitrogens with zero attached hydrogens (tertiary/aromatic N) is 2. The highest BCUT2D eigenvalue weighted by atomic mass is 35.5. The van der Waals surface area contributed by atoms with Crippen LogP contribution in [0.25, 0.3) is 33.5 Å². The summed E-state index contributed by atoms with van der Waals surface area (Å²) in [7, 11) is 0. The summed E-state index contributed by atoms with van der Waals surface area (Å²) in [5.41, 5.74) is 5.23. The van der Waals surface area contributed by atoms with Crippen LogP contribution < -0.4 is 4.74 Å². The van der Waals surface area contributed by atoms with Gasteiger partial charge >= 0.3 is 0 Å². The lowest BCUT2D eigenvalue weighted by Gasteiger charge is -2.25. The van der Waals surface area contributed by atoms with Crippen LogP contribution in [0.4, 0.5) is 0 Å². The summed E-state index contributed by atoms with van der Waals surface area (Å²) in [6.45, 7) is 0. The maximum Gasteiger partial charge on any atom is 0.296 e. The van der Waals surface area contributed by atoms with Crippen molar-refractivity contribution >= 4 is 22.8 Å². The third kappa shape index (κ3) is 3.91. The number of aliphatic hydroxyl groups excluding tert-OH is 1. The Morgan fingerprint density at radius 3 is 2.43 bits per heavy atom. The molecule has 2 aromatic heterocycles. The zero-order valence-corrected chi connectivity index (χ0v) is 17.1. The number of aliphatic hydroxyl groups is 1. The Hall–Kier alpha value is -2.89. The van der Waals surface area contributed by atoms with E-state index in [1.54, 1.807) is 0 Å². The standard InChI is InChI=1S/C24H22ClN3O2/c25-20-14-21-23(28-24(26-21)30-19-8-4-7-18(29)13-19)27-22(20)17-11-9-16(10-12-17)15-5-2-1-3-6-15/h1-3,5-6,9-12,14,18-19,29H,4,7-8,13H2,(H,26,27,28)/t18?,19-/m1/s1. The molecule has 0 aliphatic heterocycles. The number of imidazole rings is 1. The molecule has 152 valence electrons. The molecule has 1 saturated carbocycles. The number of fused-ring (bicyclic) bond motifs is 1. The molecule has 30 heavy (non-hydrogen) atoms. The van der Waals surface area contributed by atoms with Crippen LogP contribution in [0.1, 0.15) is 25.7 Å². The fourth-order valence-corrected chi connectivity index (χ4v) is 4.25. The number of benzene rings is 2. The second-order valence-electron chi connectivity index (χ2n) is 7.74. The number of nitrogens with one attached hydrogen (secondary N) is 1. The summed E-state index contributed by atoms with van der Waals surface area (Å²) in [5, 5.41) is 10.4. The van der Waals surface area contributed by atoms with Crippen LogP contribution in [0.2, 0.25) is 5.02 Å². The van der Waals surface area contributed by atoms with Gasteiger partial charge in [0.05, 0.1) is 22.3 Å². The van der Waals surface area contributed by atoms with Gasteiger partial charge in [-0.15, -0.1) is 0 Å². The zero-order chi connectivity index (χ0) is 20.5. The van der Waals surface area contributed by atoms with Crippen molar-refractivity contribution in [3.05, 3.63) is 65.7 Å². The number of rotatable bonds is 4. The molecule has 0 bridgehead atoms. The van der Waals surface area contributed by atoms with Crippen molar-refractivity contribution in [2.24, 2.45) is 0 Å². The molecule has 0 spiro atoms. The Balaban J connectivity index is 1.41. The minimum absolute atomic E-state index is 0.0326. The molecule has 5 nitrogen and oxygen atoms in total. The van der Waals surface area contributed by atoms with Gasteiger partial charge in [-0.05, 0) is 36.5 Å². The van der Waals surface area contributed by atoms with E-state index in [1.165, 1.54) is 5.56 Å². The predicted octanol–water partition coefficient (Wildman–Crippen LogP) is 5.63. The molecule has 1 fully saturated rings. The fourth-order valence-electron chi connectivity index (χ4n) is 3.99. The minimum atomic E-state index is -0.300. The number of hydrogen-bond acceptors (Lipinski definition) is 4. The third-order valence-electron chi connectivity index (χ3n) is 5.55. The number of pyridine rings is 1. The minimum Gasteiger partial charge on any atom is -0.461 e. The summed E-state index contributed by atoms with van der Waals surface area (Å²) in [6.07, 6.45) is 3.01. The Labute approximate surface area is 179 Å². The number of hydrogen-bond donors (Lipinski definition) is 2. The summed E-state index contributed by atoms with van der Waals surface area (Å²) in [4.78, 5) is 12.3. The Bertz CT molecular complexity index is 1160. The van der Waals surface area contributed by atoms with Crippen molar-refractivity contribution in [2.45, 2.75) is 37.9 Å². The van der Waals surface area contributed by atoms with Gasteiger partial charge in [-0.3, -0.25) is 0 Å². The van der Waals surface area contributed by atoms with Gasteiger partial charge in [-0.25, -0.2) is 4.98 Å². The third-order valence-corrected chi connectivity index (χ3v) is 5.84. The highest BCUT2D eigenvalue weighted by molar-refractivity contribution is 6.33. The molecule has 2 atom stereocenters. The molecule has 0 saturated heterocycles. The molecule has 0 radical (unpaired) electrons. The van der Waals surface area contributed by atoms with Gasteiger partial charge < -0.3 is 14.8 Å². The van der Waals surface area contributed by atoms with E-state index in [2.05, 4.69) is 39.2 Å². The van der Waals surface area contributed by atoms with E-state index in [4.69, 9.17) is 16.3 Å². The van der Waals surface area contributed by atoms with E-state index in [-0.39, 0.29) is 12.2 Å². The summed E-state index contributed by atoms with van der Waals surface area (Å²) in [6, 6.07) is 20.7. The van der Waals surface area contributed by atoms with Gasteiger partial charge in [0.25, 0.3) is 6.01 Å². The molecule has 1 unspecified atom stereocenters. The van der Waals surface area contributed by atoms with Crippen LogP contribution in [0.15, 0.2) is 60.7 Å². The first kappa shape index (κ1) is 19.1. The molecule has 1 aliphatic rings. The number of H-pyrrole nitrogens is 1. The van der Waals surface area contributed by atoms with Crippen molar-refractivity contribution in [1.29, 1.82) is 0 Å². The first-order valence-electron chi connectivity index (χ1n) is 10.2. The second kappa shape index (κ2) is 8.09. The number of ether oxygens (including phenoxy) is 1. The first-order valence-corrected chi connectivity index (χ1v) is 10.6. The van der Waals surface area contributed by atoms with E-state index < -0.39 is 0 Å². The van der Waals surface area contributed by atoms with Gasteiger partial charge in [0.1, 0.15) is 6.10 Å². The average Bonchev–Trinajstić information content (AvgIpc) is 3.15. The van der Waals surface area contributed by atoms with Crippen LogP contribution >= 0.6 is 11.6 Å². The molecule has 2 heterocycles. The number of aromatic amines is 1. The van der Waals surface area contributed by atoms with Crippen LogP contribution in [0.3, 0.4) is 0 Å². The monoisotopic (exact) mass is 419 g/mol. The van der Waals surface area contributed by atoms with E-state index >= 15 is 0 Å². The summed E-state index contributed by atoms with van der Waals surface area (Å²) < 4.78 is 5.95. The SMILES string of the molecule is OC1CCC[C@@H](Oc2nc3nc(-c4ccc(-c5ccccc5)cc4)c(Cl)cc3[nH]2)C1. The molecule has 2 N–H and O–H groups in total. The van der Waals surface area contributed by atoms with Crippen molar-refractivity contribution in [3.8, 4) is 28.4 Å². The number of halogens is 1. The Morgan fingerprint density at radius 1 is 0.933 bits per heavy atom. The average molecular weight is 420 g/mol. The maximum absolute atomic E-state index is 9.85. The molecule has 4 aromatic rings. The topological polar surface area (TPSA) is 71.0 Å². The van der Waals surface area contributed by atoms with Gasteiger partial charge in [-0.1, -0.05) is 66.2 Å². The highest BCUT2D eigenvalue weighted by Crippen LogP contribution is 2.31. The first-order chi connectivity index (χ1) is 14.7. The fraction of sp³-hybridized carbons (Fsp3) is 0.250. The van der Waals surface area contributed by atoms with Gasteiger partial charge in [-0.2, -0.15) is 4.98 Å². The zero-order valence-electron chi connectivity index (χ0n) is 16.4. The lowest BCUT2D eigenvalue weighted by atomic mass is 9.95. The van der Waals surface area contributed by atoms with E-state index in [0.29, 0.717) is 28.8 Å². The maximum atomic E-state index is 9.85. The summed E-state index contributed by atoms with van der Waals surface area (Å²) >= 11 is 6.53. The highest BCUT2D eigenvalue weighted by Gasteiger charge is 2.23. The van der Waals surface area contributed by atoms with Crippen LogP contribution in [0.5, 0.6) is 6.01 Å². The van der Waals surface area contributed by atoms with E-state index in [9.17, 15) is 5.11 Å². The van der Waals surface area contributed by atoms with Crippen molar-refractivity contribution in [3.63, 3.8) is 0 Å². The Kier molecular flexibility index (Phi) is 5.15. The van der Waals surface area contributed by atoms with Gasteiger partial charge in [0, 0.05) is 12.0 Å². The number of aromatic nitrogens is 3. The molecule has 1 aliphatic carbocycles. The van der Waals surface area contributed by atoms with Gasteiger partial charge in [0.2, 0.25) is 0 Å². The lowest BCUT2D eigenvalue weighted by Crippen LogP contribution is -2.28. The van der Waals surface area contributed by atoms with Crippen LogP contribution in [-0.4, -0.2) is 32.3 Å². The van der Waals surface area contributed by atoms with Crippen LogP contribution in [-0.2, 0) is 0 Å². The molecule has 2 aromatic carbocycles. The van der Waals surface area contributed by atoms with Crippen LogP contribution in [0, 0.1) is 0 Å². The lowest BCUT2D eigenvalue weighted by molar-refractivity contribution is 0.0495. The molecule has 0 amide bonds. The smallest absolute Gasteiger partial charge is 0.296 e. The second-order valence-corrected chi connectivity index (χ2v) is 8.14. The molecular formula is C24H22ClN3O2. The molecule has 5 rings (SSSR count). The Morgan fingerprint density at radius 2 is 1.67 bits per heavy atom. The largest absolute Gasteiger partial charge is 0.461 e. The normalized spacial score (nSPS) is 19.1. The van der Waals surface area contributed by atoms with Crippen molar-refractivity contribution < 1.29 is 9.84 Å². The predicted molar refractivity (Wildman–Crippen MR) is 119 cm³/mol. The summed E-state index contributed by atoms with van der Waals surface area (Å²) in [5.74, 6) is 0. The van der Waals surface area contributed by atoms with E-state index in [0.717, 1.165) is 35.9 Å². The van der Waals surface area contributed by atoms with E-state index in [1.807, 2.05) is 36.4 Å². The molecule has 6 heteroatoms. The van der Waals surface area contributed by atoms with Crippen molar-refractivity contribution in [1.82, 2.24) is 15.0 Å². The quantitative estimate of drug-likeness (QED) is 0.449. The van der Waals surface area contributed by atoms with Crippen molar-refractivity contribution in [2.75, 3.05) is 0 Å². The molecular weight excluding hydrogens is 398 g/mol.